The smallest absolute Gasteiger partial charge is 0.263 e. The lowest BCUT2D eigenvalue weighted by atomic mass is 10.2. The first-order chi connectivity index (χ1) is 14.4. The Kier molecular flexibility index (Phi) is 7.07. The van der Waals surface area contributed by atoms with Crippen molar-refractivity contribution >= 4 is 40.4 Å². The number of nitrogens with zero attached hydrogens (tertiary/aromatic N) is 1. The predicted octanol–water partition coefficient (Wildman–Crippen LogP) is 4.03. The van der Waals surface area contributed by atoms with Crippen LogP contribution in [-0.4, -0.2) is 23.3 Å². The van der Waals surface area contributed by atoms with Gasteiger partial charge in [-0.25, -0.2) is 4.98 Å². The van der Waals surface area contributed by atoms with Crippen molar-refractivity contribution in [1.29, 1.82) is 0 Å². The Morgan fingerprint density at radius 1 is 1.23 bits per heavy atom. The fourth-order valence-electron chi connectivity index (χ4n) is 2.53. The zero-order valence-electron chi connectivity index (χ0n) is 16.1. The topological polar surface area (TPSA) is 80.3 Å². The van der Waals surface area contributed by atoms with Crippen molar-refractivity contribution in [2.24, 2.45) is 0 Å². The summed E-state index contributed by atoms with van der Waals surface area (Å²) < 4.78 is 5.66. The molecule has 2 N–H and O–H groups in total. The number of rotatable bonds is 7. The van der Waals surface area contributed by atoms with Gasteiger partial charge in [0.15, 0.2) is 0 Å². The fraction of sp³-hybridized carbons (Fsp3) is 0.136. The molecule has 1 aromatic heterocycles. The van der Waals surface area contributed by atoms with Crippen molar-refractivity contribution in [2.45, 2.75) is 13.5 Å². The van der Waals surface area contributed by atoms with Crippen molar-refractivity contribution in [2.75, 3.05) is 11.9 Å². The summed E-state index contributed by atoms with van der Waals surface area (Å²) in [4.78, 5) is 29.3. The summed E-state index contributed by atoms with van der Waals surface area (Å²) in [6.45, 7) is 1.79. The van der Waals surface area contributed by atoms with Crippen LogP contribution in [0.2, 0.25) is 5.02 Å². The van der Waals surface area contributed by atoms with Gasteiger partial charge in [-0.05, 0) is 49.4 Å². The predicted molar refractivity (Wildman–Crippen MR) is 118 cm³/mol. The van der Waals surface area contributed by atoms with Crippen molar-refractivity contribution < 1.29 is 14.3 Å². The van der Waals surface area contributed by atoms with E-state index in [1.165, 1.54) is 11.3 Å². The van der Waals surface area contributed by atoms with Crippen LogP contribution in [-0.2, 0) is 11.4 Å². The summed E-state index contributed by atoms with van der Waals surface area (Å²) in [5.41, 5.74) is 1.81. The Hall–Kier alpha value is -3.34. The van der Waals surface area contributed by atoms with Crippen LogP contribution in [0.1, 0.15) is 25.9 Å². The molecule has 30 heavy (non-hydrogen) atoms. The molecule has 6 nitrogen and oxygen atoms in total. The van der Waals surface area contributed by atoms with Crippen LogP contribution >= 0.6 is 22.9 Å². The number of thiazole rings is 1. The van der Waals surface area contributed by atoms with Gasteiger partial charge in [-0.15, -0.1) is 17.8 Å². The molecule has 0 aliphatic rings. The van der Waals surface area contributed by atoms with Crippen LogP contribution in [0.15, 0.2) is 48.5 Å². The van der Waals surface area contributed by atoms with Gasteiger partial charge < -0.3 is 15.4 Å². The Morgan fingerprint density at radius 3 is 2.73 bits per heavy atom. The monoisotopic (exact) mass is 439 g/mol. The van der Waals surface area contributed by atoms with Gasteiger partial charge in [0.05, 0.1) is 12.2 Å². The molecule has 0 unspecified atom stereocenters. The summed E-state index contributed by atoms with van der Waals surface area (Å²) in [5, 5.41) is 6.58. The number of carbonyl (C=O) groups excluding carboxylic acids is 2. The number of benzene rings is 2. The first-order valence-electron chi connectivity index (χ1n) is 8.94. The van der Waals surface area contributed by atoms with Gasteiger partial charge in [-0.2, -0.15) is 0 Å². The average molecular weight is 440 g/mol. The molecule has 3 rings (SSSR count). The van der Waals surface area contributed by atoms with Crippen LogP contribution in [0.4, 0.5) is 5.69 Å². The quantitative estimate of drug-likeness (QED) is 0.544. The Labute approximate surface area is 183 Å². The molecule has 0 radical (unpaired) electrons. The highest BCUT2D eigenvalue weighted by molar-refractivity contribution is 7.13. The molecule has 152 valence electrons. The molecule has 8 heteroatoms. The summed E-state index contributed by atoms with van der Waals surface area (Å²) in [6.07, 6.45) is 5.35. The molecule has 0 fully saturated rings. The Morgan fingerprint density at radius 2 is 2.00 bits per heavy atom. The SMILES string of the molecule is C#Cc1cccc(NC(=O)CNC(=O)c2sc(COc3ccc(Cl)cc3)nc2C)c1. The number of aryl methyl sites for hydroxylation is 1. The summed E-state index contributed by atoms with van der Waals surface area (Å²) in [5.74, 6) is 2.44. The molecule has 0 saturated carbocycles. The van der Waals surface area contributed by atoms with Crippen LogP contribution in [0, 0.1) is 19.3 Å². The number of anilines is 1. The number of nitrogens with one attached hydrogen (secondary N) is 2. The molecule has 0 aliphatic heterocycles. The van der Waals surface area contributed by atoms with E-state index in [-0.39, 0.29) is 25.0 Å². The second-order valence-electron chi connectivity index (χ2n) is 6.22. The number of halogens is 1. The van der Waals surface area contributed by atoms with E-state index in [1.54, 1.807) is 55.5 Å². The average Bonchev–Trinajstić information content (AvgIpc) is 3.12. The third kappa shape index (κ3) is 5.83. The fourth-order valence-corrected chi connectivity index (χ4v) is 3.55. The summed E-state index contributed by atoms with van der Waals surface area (Å²) in [6, 6.07) is 13.9. The number of ether oxygens (including phenoxy) is 1. The molecule has 2 amide bonds. The number of amides is 2. The first-order valence-corrected chi connectivity index (χ1v) is 10.1. The van der Waals surface area contributed by atoms with Gasteiger partial charge in [-0.1, -0.05) is 23.6 Å². The van der Waals surface area contributed by atoms with Crippen molar-refractivity contribution in [3.05, 3.63) is 74.7 Å². The van der Waals surface area contributed by atoms with Gasteiger partial charge in [0.2, 0.25) is 5.91 Å². The third-order valence-electron chi connectivity index (χ3n) is 3.95. The first kappa shape index (κ1) is 21.4. The minimum absolute atomic E-state index is 0.174. The van der Waals surface area contributed by atoms with Crippen molar-refractivity contribution in [3.63, 3.8) is 0 Å². The molecule has 2 aromatic carbocycles. The maximum atomic E-state index is 12.4. The van der Waals surface area contributed by atoms with E-state index < -0.39 is 0 Å². The van der Waals surface area contributed by atoms with E-state index in [1.807, 2.05) is 0 Å². The van der Waals surface area contributed by atoms with E-state index >= 15 is 0 Å². The molecule has 0 bridgehead atoms. The van der Waals surface area contributed by atoms with Gasteiger partial charge >= 0.3 is 0 Å². The van der Waals surface area contributed by atoms with Gasteiger partial charge in [0.25, 0.3) is 5.91 Å². The number of aromatic nitrogens is 1. The normalized spacial score (nSPS) is 10.2. The number of terminal acetylenes is 1. The third-order valence-corrected chi connectivity index (χ3v) is 5.33. The van der Waals surface area contributed by atoms with E-state index in [9.17, 15) is 9.59 Å². The molecule has 3 aromatic rings. The van der Waals surface area contributed by atoms with E-state index in [2.05, 4.69) is 21.5 Å². The van der Waals surface area contributed by atoms with Crippen molar-refractivity contribution in [1.82, 2.24) is 10.3 Å². The zero-order chi connectivity index (χ0) is 21.5. The second-order valence-corrected chi connectivity index (χ2v) is 7.74. The molecule has 0 saturated heterocycles. The Balaban J connectivity index is 1.53. The molecule has 0 spiro atoms. The van der Waals surface area contributed by atoms with Crippen LogP contribution in [0.5, 0.6) is 5.75 Å². The van der Waals surface area contributed by atoms with E-state index in [0.29, 0.717) is 37.6 Å². The minimum Gasteiger partial charge on any atom is -0.486 e. The minimum atomic E-state index is -0.365. The maximum Gasteiger partial charge on any atom is 0.263 e. The molecule has 0 aliphatic carbocycles. The largest absolute Gasteiger partial charge is 0.486 e. The number of hydrogen-bond donors (Lipinski definition) is 2. The standard InChI is InChI=1S/C22H18ClN3O3S/c1-3-15-5-4-6-17(11-15)26-19(27)12-24-22(28)21-14(2)25-20(30-21)13-29-18-9-7-16(23)8-10-18/h1,4-11H,12-13H2,2H3,(H,24,28)(H,26,27). The molecule has 0 atom stereocenters. The summed E-state index contributed by atoms with van der Waals surface area (Å²) in [7, 11) is 0. The van der Waals surface area contributed by atoms with Gasteiger partial charge in [0.1, 0.15) is 22.2 Å². The van der Waals surface area contributed by atoms with E-state index in [0.717, 1.165) is 0 Å². The van der Waals surface area contributed by atoms with E-state index in [4.69, 9.17) is 22.8 Å². The molecular weight excluding hydrogens is 422 g/mol. The van der Waals surface area contributed by atoms with Crippen LogP contribution in [0.25, 0.3) is 0 Å². The molecular formula is C22H18ClN3O3S. The van der Waals surface area contributed by atoms with Crippen LogP contribution in [0.3, 0.4) is 0 Å². The molecule has 1 heterocycles. The highest BCUT2D eigenvalue weighted by atomic mass is 35.5. The van der Waals surface area contributed by atoms with Crippen LogP contribution < -0.4 is 15.4 Å². The number of carbonyl (C=O) groups is 2. The number of hydrogen-bond acceptors (Lipinski definition) is 5. The van der Waals surface area contributed by atoms with Gasteiger partial charge in [0, 0.05) is 16.3 Å². The second kappa shape index (κ2) is 9.92. The Bertz CT molecular complexity index is 1100. The lowest BCUT2D eigenvalue weighted by Crippen LogP contribution is -2.32. The highest BCUT2D eigenvalue weighted by Gasteiger charge is 2.16. The maximum absolute atomic E-state index is 12.4. The summed E-state index contributed by atoms with van der Waals surface area (Å²) >= 11 is 7.07. The lowest BCUT2D eigenvalue weighted by molar-refractivity contribution is -0.115. The highest BCUT2D eigenvalue weighted by Crippen LogP contribution is 2.21. The van der Waals surface area contributed by atoms with Crippen molar-refractivity contribution in [3.8, 4) is 18.1 Å². The lowest BCUT2D eigenvalue weighted by Gasteiger charge is -2.07. The van der Waals surface area contributed by atoms with Gasteiger partial charge in [-0.3, -0.25) is 9.59 Å². The zero-order valence-corrected chi connectivity index (χ0v) is 17.6.